The van der Waals surface area contributed by atoms with Gasteiger partial charge in [-0.1, -0.05) is 0 Å². The van der Waals surface area contributed by atoms with Crippen molar-refractivity contribution < 1.29 is 0 Å². The van der Waals surface area contributed by atoms with Crippen molar-refractivity contribution in [3.63, 3.8) is 0 Å². The molecule has 0 unspecified atom stereocenters. The van der Waals surface area contributed by atoms with Gasteiger partial charge in [0.05, 0.1) is 0 Å². The first-order valence-corrected chi connectivity index (χ1v) is 11.8. The summed E-state index contributed by atoms with van der Waals surface area (Å²) in [4.78, 5) is 0. The Balaban J connectivity index is 2.87. The van der Waals surface area contributed by atoms with Crippen LogP contribution in [0.25, 0.3) is 0 Å². The first kappa shape index (κ1) is 9.70. The molecule has 0 nitrogen and oxygen atoms in total. The van der Waals surface area contributed by atoms with Crippen molar-refractivity contribution in [3.8, 4) is 0 Å². The van der Waals surface area contributed by atoms with Gasteiger partial charge >= 0.3 is 86.5 Å². The molecule has 0 N–H and O–H groups in total. The topological polar surface area (TPSA) is 0 Å². The van der Waals surface area contributed by atoms with Crippen LogP contribution >= 0.6 is 49.2 Å². The van der Waals surface area contributed by atoms with Gasteiger partial charge in [0.15, 0.2) is 0 Å². The average molecular weight is 353 g/mol. The van der Waals surface area contributed by atoms with Crippen molar-refractivity contribution in [2.45, 2.75) is 13.8 Å². The number of halogens is 3. The minimum atomic E-state index is -1.76. The molecule has 1 aliphatic heterocycles. The fourth-order valence-corrected chi connectivity index (χ4v) is 10.4. The summed E-state index contributed by atoms with van der Waals surface area (Å²) in [5.41, 5.74) is 3.03. The van der Waals surface area contributed by atoms with Crippen LogP contribution < -0.4 is 0 Å². The first-order valence-electron chi connectivity index (χ1n) is 3.10. The van der Waals surface area contributed by atoms with E-state index in [0.717, 1.165) is 12.3 Å². The molecular weight excluding hydrogens is 343 g/mol. The van der Waals surface area contributed by atoms with Gasteiger partial charge in [-0.15, -0.1) is 0 Å². The quantitative estimate of drug-likeness (QED) is 0.433. The Hall–Kier alpha value is 1.61. The minimum absolute atomic E-state index is 1.15. The molecule has 0 bridgehead atoms. The molecule has 1 rings (SSSR count). The number of hydrogen-bond acceptors (Lipinski definition) is 0. The van der Waals surface area contributed by atoms with Crippen molar-refractivity contribution in [2.75, 3.05) is 12.3 Å². The standard InChI is InChI=1S/C6H10Br3P/c1-5-3-10(7,8,9)4-6(5)2/h3-4H2,1-2H3. The zero-order valence-corrected chi connectivity index (χ0v) is 11.6. The molecule has 0 radical (unpaired) electrons. The van der Waals surface area contributed by atoms with Crippen LogP contribution in [-0.2, 0) is 0 Å². The van der Waals surface area contributed by atoms with Crippen LogP contribution in [-0.4, -0.2) is 12.3 Å². The summed E-state index contributed by atoms with van der Waals surface area (Å²) in [6.45, 7) is 4.40. The maximum atomic E-state index is 3.75. The monoisotopic (exact) mass is 350 g/mol. The number of rotatable bonds is 0. The van der Waals surface area contributed by atoms with E-state index in [1.54, 1.807) is 0 Å². The van der Waals surface area contributed by atoms with Gasteiger partial charge in [0, 0.05) is 0 Å². The molecule has 0 amide bonds. The van der Waals surface area contributed by atoms with Gasteiger partial charge in [0.25, 0.3) is 0 Å². The van der Waals surface area contributed by atoms with Crippen LogP contribution in [0.5, 0.6) is 0 Å². The second kappa shape index (κ2) is 2.55. The summed E-state index contributed by atoms with van der Waals surface area (Å²) in [6.07, 6.45) is 2.30. The second-order valence-corrected chi connectivity index (χ2v) is 29.9. The van der Waals surface area contributed by atoms with E-state index < -0.39 is 2.71 Å². The molecule has 1 aliphatic rings. The van der Waals surface area contributed by atoms with E-state index in [4.69, 9.17) is 0 Å². The molecule has 0 saturated carbocycles. The molecule has 60 valence electrons. The second-order valence-electron chi connectivity index (χ2n) is 3.01. The van der Waals surface area contributed by atoms with E-state index in [-0.39, 0.29) is 0 Å². The van der Waals surface area contributed by atoms with Gasteiger partial charge in [-0.05, 0) is 0 Å². The van der Waals surface area contributed by atoms with E-state index in [1.807, 2.05) is 0 Å². The fourth-order valence-electron chi connectivity index (χ4n) is 1.20. The van der Waals surface area contributed by atoms with Crippen molar-refractivity contribution in [2.24, 2.45) is 0 Å². The third kappa shape index (κ3) is 2.30. The molecule has 0 aromatic carbocycles. The van der Waals surface area contributed by atoms with Crippen molar-refractivity contribution in [3.05, 3.63) is 11.1 Å². The molecule has 0 fully saturated rings. The molecule has 0 aromatic heterocycles. The molecule has 0 aromatic rings. The fraction of sp³-hybridized carbons (Fsp3) is 0.667. The van der Waals surface area contributed by atoms with Gasteiger partial charge in [0.1, 0.15) is 0 Å². The van der Waals surface area contributed by atoms with Crippen LogP contribution in [0.2, 0.25) is 0 Å². The molecule has 0 aliphatic carbocycles. The Morgan fingerprint density at radius 1 is 1.00 bits per heavy atom. The van der Waals surface area contributed by atoms with Crippen molar-refractivity contribution in [1.29, 1.82) is 0 Å². The third-order valence-electron chi connectivity index (χ3n) is 1.79. The third-order valence-corrected chi connectivity index (χ3v) is 8.41. The predicted molar refractivity (Wildman–Crippen MR) is 61.8 cm³/mol. The molecule has 0 atom stereocenters. The van der Waals surface area contributed by atoms with Crippen LogP contribution in [0.4, 0.5) is 0 Å². The Morgan fingerprint density at radius 2 is 1.30 bits per heavy atom. The van der Waals surface area contributed by atoms with Gasteiger partial charge in [-0.3, -0.25) is 0 Å². The molecule has 0 saturated heterocycles. The van der Waals surface area contributed by atoms with E-state index in [9.17, 15) is 0 Å². The zero-order chi connectivity index (χ0) is 8.02. The summed E-state index contributed by atoms with van der Waals surface area (Å²) in [6, 6.07) is 0. The molecule has 0 spiro atoms. The number of hydrogen-bond donors (Lipinski definition) is 0. The van der Waals surface area contributed by atoms with E-state index in [1.165, 1.54) is 11.1 Å². The average Bonchev–Trinajstić information content (AvgIpc) is 1.74. The maximum absolute atomic E-state index is 3.75. The molecule has 10 heavy (non-hydrogen) atoms. The van der Waals surface area contributed by atoms with Crippen LogP contribution in [0.3, 0.4) is 0 Å². The van der Waals surface area contributed by atoms with Gasteiger partial charge in [-0.25, -0.2) is 0 Å². The van der Waals surface area contributed by atoms with Crippen molar-refractivity contribution in [1.82, 2.24) is 0 Å². The summed E-state index contributed by atoms with van der Waals surface area (Å²) < 4.78 is -1.76. The van der Waals surface area contributed by atoms with Gasteiger partial charge in [-0.2, -0.15) is 0 Å². The Morgan fingerprint density at radius 3 is 1.40 bits per heavy atom. The van der Waals surface area contributed by atoms with Crippen LogP contribution in [0.1, 0.15) is 13.8 Å². The van der Waals surface area contributed by atoms with E-state index in [2.05, 4.69) is 60.3 Å². The molecular formula is C6H10Br3P. The van der Waals surface area contributed by atoms with Crippen LogP contribution in [0, 0.1) is 0 Å². The van der Waals surface area contributed by atoms with Crippen molar-refractivity contribution >= 4 is 49.2 Å². The van der Waals surface area contributed by atoms with Gasteiger partial charge < -0.3 is 0 Å². The summed E-state index contributed by atoms with van der Waals surface area (Å²) >= 11 is 11.2. The summed E-state index contributed by atoms with van der Waals surface area (Å²) in [7, 11) is 0. The Bertz CT molecular complexity index is 181. The van der Waals surface area contributed by atoms with E-state index >= 15 is 0 Å². The van der Waals surface area contributed by atoms with Gasteiger partial charge in [0.2, 0.25) is 0 Å². The number of allylic oxidation sites excluding steroid dienone is 2. The normalized spacial score (nSPS) is 33.5. The summed E-state index contributed by atoms with van der Waals surface area (Å²) in [5.74, 6) is 0. The predicted octanol–water partition coefficient (Wildman–Crippen LogP) is 4.82. The zero-order valence-electron chi connectivity index (χ0n) is 6.00. The Kier molecular flexibility index (Phi) is 2.47. The Labute approximate surface area is 86.0 Å². The SMILES string of the molecule is CC1=C(C)CP(Br)(Br)(Br)C1. The van der Waals surface area contributed by atoms with Crippen LogP contribution in [0.15, 0.2) is 11.1 Å². The summed E-state index contributed by atoms with van der Waals surface area (Å²) in [5, 5.41) is 0. The molecule has 4 heteroatoms. The molecule has 1 heterocycles. The van der Waals surface area contributed by atoms with E-state index in [0.29, 0.717) is 0 Å². The first-order chi connectivity index (χ1) is 4.28.